The van der Waals surface area contributed by atoms with E-state index in [0.29, 0.717) is 23.0 Å². The molecule has 0 saturated carbocycles. The van der Waals surface area contributed by atoms with Crippen LogP contribution in [0.3, 0.4) is 0 Å². The number of alkyl halides is 1. The monoisotopic (exact) mass is 556 g/mol. The first-order valence-electron chi connectivity index (χ1n) is 11.4. The SMILES string of the molecule is CCC(CC)n1cnc2c(cc(Cc3ccc(NCCOCI)nc3)c3ccccc32)c1=O. The van der Waals surface area contributed by atoms with Crippen LogP contribution >= 0.6 is 22.6 Å². The van der Waals surface area contributed by atoms with E-state index in [4.69, 9.17) is 9.72 Å². The third-order valence-electron chi connectivity index (χ3n) is 6.06. The molecule has 7 heteroatoms. The van der Waals surface area contributed by atoms with E-state index in [9.17, 15) is 4.79 Å². The number of hydrogen-bond donors (Lipinski definition) is 1. The van der Waals surface area contributed by atoms with E-state index in [0.717, 1.165) is 52.6 Å². The van der Waals surface area contributed by atoms with Gasteiger partial charge in [-0.15, -0.1) is 0 Å². The van der Waals surface area contributed by atoms with Crippen molar-refractivity contribution in [3.63, 3.8) is 0 Å². The Morgan fingerprint density at radius 3 is 2.55 bits per heavy atom. The van der Waals surface area contributed by atoms with Gasteiger partial charge in [0.1, 0.15) is 5.82 Å². The van der Waals surface area contributed by atoms with Crippen LogP contribution in [-0.4, -0.2) is 32.3 Å². The standard InChI is InChI=1S/C26H29IN4O2/c1-3-20(4-2)31-17-30-25-22-8-6-5-7-21(22)19(14-23(25)26(31)32)13-18-9-10-24(29-15-18)28-11-12-33-16-27/h5-10,14-15,17,20H,3-4,11-13,16H2,1-2H3,(H,28,29). The Labute approximate surface area is 207 Å². The minimum atomic E-state index is 0.0344. The number of rotatable bonds is 10. The van der Waals surface area contributed by atoms with Gasteiger partial charge >= 0.3 is 0 Å². The Morgan fingerprint density at radius 2 is 1.85 bits per heavy atom. The van der Waals surface area contributed by atoms with E-state index in [1.165, 1.54) is 0 Å². The molecule has 172 valence electrons. The van der Waals surface area contributed by atoms with Crippen molar-refractivity contribution in [2.75, 3.05) is 23.1 Å². The number of fused-ring (bicyclic) bond motifs is 3. The smallest absolute Gasteiger partial charge is 0.261 e. The van der Waals surface area contributed by atoms with Crippen molar-refractivity contribution in [1.29, 1.82) is 0 Å². The molecule has 0 fully saturated rings. The van der Waals surface area contributed by atoms with Gasteiger partial charge in [0.05, 0.1) is 28.5 Å². The second kappa shape index (κ2) is 11.1. The molecule has 0 amide bonds. The average Bonchev–Trinajstić information content (AvgIpc) is 2.85. The molecule has 0 unspecified atom stereocenters. The third kappa shape index (κ3) is 5.19. The van der Waals surface area contributed by atoms with Crippen LogP contribution in [-0.2, 0) is 11.2 Å². The van der Waals surface area contributed by atoms with E-state index in [2.05, 4.69) is 64.9 Å². The first-order valence-corrected chi connectivity index (χ1v) is 12.9. The molecule has 33 heavy (non-hydrogen) atoms. The Hall–Kier alpha value is -2.52. The first-order chi connectivity index (χ1) is 16.2. The maximum Gasteiger partial charge on any atom is 0.261 e. The second-order valence-corrected chi connectivity index (χ2v) is 8.70. The molecule has 4 aromatic rings. The highest BCUT2D eigenvalue weighted by atomic mass is 127. The average molecular weight is 556 g/mol. The fourth-order valence-electron chi connectivity index (χ4n) is 4.30. The molecule has 4 rings (SSSR count). The van der Waals surface area contributed by atoms with Crippen molar-refractivity contribution in [2.45, 2.75) is 39.2 Å². The highest BCUT2D eigenvalue weighted by Crippen LogP contribution is 2.28. The number of ether oxygens (including phenoxy) is 1. The van der Waals surface area contributed by atoms with Crippen LogP contribution < -0.4 is 10.9 Å². The minimum Gasteiger partial charge on any atom is -0.369 e. The third-order valence-corrected chi connectivity index (χ3v) is 6.50. The van der Waals surface area contributed by atoms with Gasteiger partial charge in [-0.3, -0.25) is 9.36 Å². The number of benzene rings is 2. The molecule has 1 N–H and O–H groups in total. The zero-order valence-corrected chi connectivity index (χ0v) is 21.2. The molecule has 2 aromatic heterocycles. The zero-order valence-electron chi connectivity index (χ0n) is 19.1. The summed E-state index contributed by atoms with van der Waals surface area (Å²) in [6, 6.07) is 14.5. The lowest BCUT2D eigenvalue weighted by molar-refractivity contribution is 0.203. The van der Waals surface area contributed by atoms with Crippen LogP contribution in [0.1, 0.15) is 43.9 Å². The van der Waals surface area contributed by atoms with Gasteiger partial charge in [-0.2, -0.15) is 0 Å². The predicted molar refractivity (Wildman–Crippen MR) is 143 cm³/mol. The summed E-state index contributed by atoms with van der Waals surface area (Å²) in [5.74, 6) is 0.830. The van der Waals surface area contributed by atoms with Gasteiger partial charge in [0.2, 0.25) is 0 Å². The van der Waals surface area contributed by atoms with Crippen LogP contribution in [0, 0.1) is 0 Å². The minimum absolute atomic E-state index is 0.0344. The molecule has 2 aromatic carbocycles. The highest BCUT2D eigenvalue weighted by Gasteiger charge is 2.15. The maximum atomic E-state index is 13.4. The van der Waals surface area contributed by atoms with E-state index in [1.807, 2.05) is 30.5 Å². The van der Waals surface area contributed by atoms with Crippen LogP contribution in [0.2, 0.25) is 0 Å². The molecule has 0 aliphatic carbocycles. The summed E-state index contributed by atoms with van der Waals surface area (Å²) < 4.78 is 7.83. The van der Waals surface area contributed by atoms with Gasteiger partial charge in [0, 0.05) is 24.2 Å². The molecule has 0 atom stereocenters. The van der Waals surface area contributed by atoms with Gasteiger partial charge in [-0.05, 0) is 47.9 Å². The lowest BCUT2D eigenvalue weighted by atomic mass is 9.96. The van der Waals surface area contributed by atoms with Crippen molar-refractivity contribution in [3.8, 4) is 0 Å². The second-order valence-electron chi connectivity index (χ2n) is 8.08. The molecule has 0 aliphatic rings. The number of hydrogen-bond acceptors (Lipinski definition) is 5. The number of pyridine rings is 1. The van der Waals surface area contributed by atoms with Crippen molar-refractivity contribution in [1.82, 2.24) is 14.5 Å². The number of halogens is 1. The van der Waals surface area contributed by atoms with Crippen molar-refractivity contribution in [2.24, 2.45) is 0 Å². The normalized spacial score (nSPS) is 11.5. The van der Waals surface area contributed by atoms with E-state index >= 15 is 0 Å². The summed E-state index contributed by atoms with van der Waals surface area (Å²) in [6.45, 7) is 5.59. The molecule has 0 saturated heterocycles. The maximum absolute atomic E-state index is 13.4. The number of nitrogens with one attached hydrogen (secondary N) is 1. The molecule has 0 aliphatic heterocycles. The molecule has 0 radical (unpaired) electrons. The Kier molecular flexibility index (Phi) is 7.93. The summed E-state index contributed by atoms with van der Waals surface area (Å²) in [4.78, 5) is 22.7. The van der Waals surface area contributed by atoms with Crippen LogP contribution in [0.15, 0.2) is 59.8 Å². The van der Waals surface area contributed by atoms with Crippen LogP contribution in [0.25, 0.3) is 21.7 Å². The summed E-state index contributed by atoms with van der Waals surface area (Å²) >= 11 is 2.19. The first kappa shape index (κ1) is 23.6. The highest BCUT2D eigenvalue weighted by molar-refractivity contribution is 14.1. The lowest BCUT2D eigenvalue weighted by Crippen LogP contribution is -2.24. The summed E-state index contributed by atoms with van der Waals surface area (Å²) in [5, 5.41) is 6.08. The fourth-order valence-corrected chi connectivity index (χ4v) is 4.61. The van der Waals surface area contributed by atoms with Crippen molar-refractivity contribution >= 4 is 50.1 Å². The van der Waals surface area contributed by atoms with Gasteiger partial charge in [-0.25, -0.2) is 9.97 Å². The topological polar surface area (TPSA) is 69.0 Å². The molecule has 0 spiro atoms. The van der Waals surface area contributed by atoms with Crippen molar-refractivity contribution in [3.05, 3.63) is 76.5 Å². The Balaban J connectivity index is 1.70. The summed E-state index contributed by atoms with van der Waals surface area (Å²) in [6.07, 6.45) is 6.11. The number of aromatic nitrogens is 3. The van der Waals surface area contributed by atoms with Crippen molar-refractivity contribution < 1.29 is 4.74 Å². The number of anilines is 1. The van der Waals surface area contributed by atoms with Gasteiger partial charge in [0.15, 0.2) is 0 Å². The van der Waals surface area contributed by atoms with Gasteiger partial charge in [-0.1, -0.05) is 66.8 Å². The van der Waals surface area contributed by atoms with E-state index in [1.54, 1.807) is 10.9 Å². The van der Waals surface area contributed by atoms with E-state index < -0.39 is 0 Å². The molecule has 6 nitrogen and oxygen atoms in total. The fraction of sp³-hybridized carbons (Fsp3) is 0.346. The summed E-state index contributed by atoms with van der Waals surface area (Å²) in [7, 11) is 0. The van der Waals surface area contributed by atoms with Gasteiger partial charge in [0.25, 0.3) is 5.56 Å². The molecular formula is C26H29IN4O2. The van der Waals surface area contributed by atoms with Crippen LogP contribution in [0.5, 0.6) is 0 Å². The lowest BCUT2D eigenvalue weighted by Gasteiger charge is -2.17. The van der Waals surface area contributed by atoms with Gasteiger partial charge < -0.3 is 10.1 Å². The Morgan fingerprint density at radius 1 is 1.06 bits per heavy atom. The largest absolute Gasteiger partial charge is 0.369 e. The van der Waals surface area contributed by atoms with Crippen LogP contribution in [0.4, 0.5) is 5.82 Å². The molecular weight excluding hydrogens is 527 g/mol. The molecule has 0 bridgehead atoms. The number of nitrogens with zero attached hydrogens (tertiary/aromatic N) is 3. The zero-order chi connectivity index (χ0) is 23.2. The Bertz CT molecular complexity index is 1280. The summed E-state index contributed by atoms with van der Waals surface area (Å²) in [5.41, 5.74) is 3.01. The predicted octanol–water partition coefficient (Wildman–Crippen LogP) is 5.72. The molecule has 2 heterocycles. The quantitative estimate of drug-likeness (QED) is 0.117. The van der Waals surface area contributed by atoms with E-state index in [-0.39, 0.29) is 11.6 Å².